The number of carbonyl (C=O) groups is 3. The molecule has 2 aromatic carbocycles. The largest absolute Gasteiger partial charge is 0.312 e. The summed E-state index contributed by atoms with van der Waals surface area (Å²) in [5.74, 6) is -2.04. The Morgan fingerprint density at radius 1 is 1.15 bits per heavy atom. The first kappa shape index (κ1) is 18.8. The predicted molar refractivity (Wildman–Crippen MR) is 98.3 cm³/mol. The third-order valence-corrected chi connectivity index (χ3v) is 4.45. The highest BCUT2D eigenvalue weighted by Crippen LogP contribution is 2.27. The number of rotatable bonds is 4. The van der Waals surface area contributed by atoms with Gasteiger partial charge in [-0.15, -0.1) is 0 Å². The van der Waals surface area contributed by atoms with Crippen molar-refractivity contribution >= 4 is 35.0 Å². The first-order valence-corrected chi connectivity index (χ1v) is 8.69. The Hall–Kier alpha value is -2.93. The van der Waals surface area contributed by atoms with Crippen LogP contribution in [0.25, 0.3) is 0 Å². The first-order chi connectivity index (χ1) is 12.9. The topological polar surface area (TPSA) is 78.5 Å². The van der Waals surface area contributed by atoms with E-state index in [2.05, 4.69) is 10.9 Å². The van der Waals surface area contributed by atoms with Crippen molar-refractivity contribution in [1.29, 1.82) is 0 Å². The lowest BCUT2D eigenvalue weighted by molar-refractivity contribution is -0.131. The number of hydrogen-bond acceptors (Lipinski definition) is 3. The Balaban J connectivity index is 1.52. The number of halogens is 2. The monoisotopic (exact) mass is 389 g/mol. The van der Waals surface area contributed by atoms with Crippen LogP contribution in [0.2, 0.25) is 5.02 Å². The molecule has 1 unspecified atom stereocenters. The molecule has 1 saturated heterocycles. The molecule has 0 saturated carbocycles. The van der Waals surface area contributed by atoms with E-state index in [1.165, 1.54) is 29.2 Å². The second-order valence-electron chi connectivity index (χ2n) is 6.23. The van der Waals surface area contributed by atoms with Gasteiger partial charge in [-0.05, 0) is 35.9 Å². The lowest BCUT2D eigenvalue weighted by Gasteiger charge is -2.17. The van der Waals surface area contributed by atoms with E-state index in [9.17, 15) is 18.8 Å². The number of hydrazine groups is 1. The Morgan fingerprint density at radius 3 is 2.59 bits per heavy atom. The minimum absolute atomic E-state index is 0.00119. The highest BCUT2D eigenvalue weighted by Gasteiger charge is 2.35. The second kappa shape index (κ2) is 8.18. The van der Waals surface area contributed by atoms with Gasteiger partial charge in [-0.25, -0.2) is 4.39 Å². The summed E-state index contributed by atoms with van der Waals surface area (Å²) < 4.78 is 12.9. The number of benzene rings is 2. The van der Waals surface area contributed by atoms with E-state index >= 15 is 0 Å². The summed E-state index contributed by atoms with van der Waals surface area (Å²) in [7, 11) is 0. The molecule has 1 aliphatic heterocycles. The summed E-state index contributed by atoms with van der Waals surface area (Å²) >= 11 is 5.94. The van der Waals surface area contributed by atoms with Crippen LogP contribution < -0.4 is 15.8 Å². The summed E-state index contributed by atoms with van der Waals surface area (Å²) in [6, 6.07) is 12.3. The lowest BCUT2D eigenvalue weighted by atomic mass is 10.1. The van der Waals surface area contributed by atoms with Crippen molar-refractivity contribution in [3.05, 3.63) is 64.9 Å². The van der Waals surface area contributed by atoms with Gasteiger partial charge in [0.1, 0.15) is 5.82 Å². The van der Waals surface area contributed by atoms with Gasteiger partial charge < -0.3 is 4.90 Å². The minimum atomic E-state index is -0.581. The fourth-order valence-electron chi connectivity index (χ4n) is 2.84. The van der Waals surface area contributed by atoms with Crippen LogP contribution in [0.4, 0.5) is 10.1 Å². The average molecular weight is 390 g/mol. The number of anilines is 1. The number of amides is 3. The number of hydrogen-bond donors (Lipinski definition) is 2. The van der Waals surface area contributed by atoms with Crippen molar-refractivity contribution in [2.75, 3.05) is 11.4 Å². The number of nitrogens with one attached hydrogen (secondary N) is 2. The van der Waals surface area contributed by atoms with Crippen molar-refractivity contribution < 1.29 is 18.8 Å². The molecule has 1 aliphatic rings. The Kier molecular flexibility index (Phi) is 5.71. The van der Waals surface area contributed by atoms with Gasteiger partial charge in [0.25, 0.3) is 0 Å². The van der Waals surface area contributed by atoms with Crippen LogP contribution >= 0.6 is 11.6 Å². The zero-order chi connectivity index (χ0) is 19.4. The molecule has 0 spiro atoms. The van der Waals surface area contributed by atoms with Gasteiger partial charge in [0.05, 0.1) is 12.3 Å². The molecule has 0 bridgehead atoms. The molecule has 0 aliphatic carbocycles. The lowest BCUT2D eigenvalue weighted by Crippen LogP contribution is -2.45. The summed E-state index contributed by atoms with van der Waals surface area (Å²) in [5.41, 5.74) is 5.91. The fourth-order valence-corrected chi connectivity index (χ4v) is 3.03. The Bertz CT molecular complexity index is 873. The SMILES string of the molecule is O=C(Cc1ccc(F)cc1)NNC(=O)C1CC(=O)N(c2cccc(Cl)c2)C1. The standard InChI is InChI=1S/C19H17ClFN3O3/c20-14-2-1-3-16(10-14)24-11-13(9-18(24)26)19(27)23-22-17(25)8-12-4-6-15(21)7-5-12/h1-7,10,13H,8-9,11H2,(H,22,25)(H,23,27). The van der Waals surface area contributed by atoms with E-state index in [-0.39, 0.29) is 31.1 Å². The highest BCUT2D eigenvalue weighted by atomic mass is 35.5. The molecule has 2 N–H and O–H groups in total. The molecule has 0 radical (unpaired) electrons. The Morgan fingerprint density at radius 2 is 1.89 bits per heavy atom. The van der Waals surface area contributed by atoms with Crippen molar-refractivity contribution in [1.82, 2.24) is 10.9 Å². The number of carbonyl (C=O) groups excluding carboxylic acids is 3. The van der Waals surface area contributed by atoms with Crippen molar-refractivity contribution in [2.24, 2.45) is 5.92 Å². The van der Waals surface area contributed by atoms with E-state index < -0.39 is 17.7 Å². The summed E-state index contributed by atoms with van der Waals surface area (Å²) in [4.78, 5) is 37.8. The number of nitrogens with zero attached hydrogens (tertiary/aromatic N) is 1. The van der Waals surface area contributed by atoms with Gasteiger partial charge in [-0.2, -0.15) is 0 Å². The van der Waals surface area contributed by atoms with Crippen molar-refractivity contribution in [3.8, 4) is 0 Å². The first-order valence-electron chi connectivity index (χ1n) is 8.31. The van der Waals surface area contributed by atoms with Crippen molar-refractivity contribution in [3.63, 3.8) is 0 Å². The van der Waals surface area contributed by atoms with E-state index in [1.807, 2.05) is 0 Å². The molecule has 6 nitrogen and oxygen atoms in total. The molecule has 140 valence electrons. The van der Waals surface area contributed by atoms with Gasteiger partial charge in [0, 0.05) is 23.7 Å². The molecular weight excluding hydrogens is 373 g/mol. The maximum atomic E-state index is 12.9. The molecule has 1 heterocycles. The molecule has 1 fully saturated rings. The Labute approximate surface area is 160 Å². The van der Waals surface area contributed by atoms with Crippen LogP contribution in [0.5, 0.6) is 0 Å². The maximum Gasteiger partial charge on any atom is 0.243 e. The van der Waals surface area contributed by atoms with Gasteiger partial charge in [0.2, 0.25) is 17.7 Å². The van der Waals surface area contributed by atoms with Gasteiger partial charge >= 0.3 is 0 Å². The van der Waals surface area contributed by atoms with Crippen LogP contribution in [0.3, 0.4) is 0 Å². The van der Waals surface area contributed by atoms with Gasteiger partial charge in [-0.1, -0.05) is 29.8 Å². The normalized spacial score (nSPS) is 16.3. The fraction of sp³-hybridized carbons (Fsp3) is 0.211. The van der Waals surface area contributed by atoms with E-state index in [1.54, 1.807) is 24.3 Å². The predicted octanol–water partition coefficient (Wildman–Crippen LogP) is 2.22. The summed E-state index contributed by atoms with van der Waals surface area (Å²) in [5, 5.41) is 0.501. The van der Waals surface area contributed by atoms with E-state index in [4.69, 9.17) is 11.6 Å². The van der Waals surface area contributed by atoms with Crippen molar-refractivity contribution in [2.45, 2.75) is 12.8 Å². The zero-order valence-electron chi connectivity index (χ0n) is 14.2. The molecule has 8 heteroatoms. The van der Waals surface area contributed by atoms with Crippen LogP contribution in [0, 0.1) is 11.7 Å². The smallest absolute Gasteiger partial charge is 0.243 e. The summed E-state index contributed by atoms with van der Waals surface area (Å²) in [6.45, 7) is 0.207. The zero-order valence-corrected chi connectivity index (χ0v) is 15.0. The summed E-state index contributed by atoms with van der Waals surface area (Å²) in [6.07, 6.45) is 0.0466. The second-order valence-corrected chi connectivity index (χ2v) is 6.66. The average Bonchev–Trinajstić information content (AvgIpc) is 3.03. The highest BCUT2D eigenvalue weighted by molar-refractivity contribution is 6.31. The third-order valence-electron chi connectivity index (χ3n) is 4.22. The van der Waals surface area contributed by atoms with Crippen LogP contribution in [0.1, 0.15) is 12.0 Å². The molecule has 0 aromatic heterocycles. The minimum Gasteiger partial charge on any atom is -0.312 e. The van der Waals surface area contributed by atoms with E-state index in [0.29, 0.717) is 16.3 Å². The van der Waals surface area contributed by atoms with Crippen LogP contribution in [-0.2, 0) is 20.8 Å². The molecule has 2 aromatic rings. The molecule has 1 atom stereocenters. The molecule has 3 rings (SSSR count). The molecule has 3 amide bonds. The van der Waals surface area contributed by atoms with Crippen LogP contribution in [0.15, 0.2) is 48.5 Å². The van der Waals surface area contributed by atoms with Gasteiger partial charge in [0.15, 0.2) is 0 Å². The maximum absolute atomic E-state index is 12.9. The van der Waals surface area contributed by atoms with Crippen LogP contribution in [-0.4, -0.2) is 24.3 Å². The third kappa shape index (κ3) is 4.83. The van der Waals surface area contributed by atoms with Gasteiger partial charge in [-0.3, -0.25) is 25.2 Å². The van der Waals surface area contributed by atoms with E-state index in [0.717, 1.165) is 0 Å². The quantitative estimate of drug-likeness (QED) is 0.787. The molecule has 27 heavy (non-hydrogen) atoms. The molecular formula is C19H17ClFN3O3.